The van der Waals surface area contributed by atoms with E-state index in [1.54, 1.807) is 6.07 Å². The van der Waals surface area contributed by atoms with E-state index in [0.29, 0.717) is 17.8 Å². The predicted molar refractivity (Wildman–Crippen MR) is 103 cm³/mol. The number of carbonyl (C=O) groups is 1. The lowest BCUT2D eigenvalue weighted by molar-refractivity contribution is -0.116. The number of piperazine rings is 1. The number of hydrogen-bond donors (Lipinski definition) is 2. The summed E-state index contributed by atoms with van der Waals surface area (Å²) in [5.74, 6) is 0.305. The molecule has 3 rings (SSSR count). The quantitative estimate of drug-likeness (QED) is 0.807. The molecule has 1 aliphatic rings. The van der Waals surface area contributed by atoms with Crippen molar-refractivity contribution in [2.24, 2.45) is 5.92 Å². The number of nitrogens with one attached hydrogen (secondary N) is 2. The monoisotopic (exact) mass is 397 g/mol. The number of rotatable bonds is 5. The molecule has 1 aromatic carbocycles. The highest BCUT2D eigenvalue weighted by Gasteiger charge is 2.25. The van der Waals surface area contributed by atoms with Gasteiger partial charge in [0.25, 0.3) is 5.89 Å². The third-order valence-electron chi connectivity index (χ3n) is 4.33. The molecule has 1 fully saturated rings. The van der Waals surface area contributed by atoms with Crippen LogP contribution in [0.4, 0.5) is 10.1 Å². The van der Waals surface area contributed by atoms with Gasteiger partial charge >= 0.3 is 0 Å². The van der Waals surface area contributed by atoms with E-state index in [9.17, 15) is 9.18 Å². The maximum Gasteiger partial charge on any atom is 0.258 e. The third kappa shape index (κ3) is 5.24. The molecule has 27 heavy (non-hydrogen) atoms. The molecular weight excluding hydrogens is 373 g/mol. The van der Waals surface area contributed by atoms with Gasteiger partial charge in [0.15, 0.2) is 5.82 Å². The number of halogens is 2. The van der Waals surface area contributed by atoms with Crippen LogP contribution in [0.2, 0.25) is 0 Å². The van der Waals surface area contributed by atoms with Crippen LogP contribution in [0.1, 0.15) is 32.1 Å². The number of likely N-dealkylation sites (N-methyl/N-ethyl adjacent to an activating group) is 1. The fourth-order valence-electron chi connectivity index (χ4n) is 2.90. The van der Waals surface area contributed by atoms with Crippen LogP contribution in [0.15, 0.2) is 22.7 Å². The summed E-state index contributed by atoms with van der Waals surface area (Å²) in [5.41, 5.74) is 0.630. The summed E-state index contributed by atoms with van der Waals surface area (Å²) in [6.07, 6.45) is 0.344. The van der Waals surface area contributed by atoms with Crippen molar-refractivity contribution in [2.75, 3.05) is 32.0 Å². The molecule has 0 spiro atoms. The maximum atomic E-state index is 14.3. The lowest BCUT2D eigenvalue weighted by Crippen LogP contribution is -2.44. The first-order chi connectivity index (χ1) is 12.4. The number of anilines is 1. The van der Waals surface area contributed by atoms with Crippen molar-refractivity contribution in [1.29, 1.82) is 0 Å². The first kappa shape index (κ1) is 21.3. The average molecular weight is 398 g/mol. The van der Waals surface area contributed by atoms with E-state index in [0.717, 1.165) is 19.6 Å². The summed E-state index contributed by atoms with van der Waals surface area (Å²) in [5, 5.41) is 9.92. The highest BCUT2D eigenvalue weighted by Crippen LogP contribution is 2.26. The molecule has 2 N–H and O–H groups in total. The highest BCUT2D eigenvalue weighted by molar-refractivity contribution is 5.91. The second kappa shape index (κ2) is 9.25. The van der Waals surface area contributed by atoms with Crippen molar-refractivity contribution in [3.05, 3.63) is 29.8 Å². The van der Waals surface area contributed by atoms with Crippen LogP contribution in [-0.4, -0.2) is 47.6 Å². The predicted octanol–water partition coefficient (Wildman–Crippen LogP) is 2.86. The number of aromatic nitrogens is 2. The van der Waals surface area contributed by atoms with E-state index in [-0.39, 0.29) is 41.9 Å². The zero-order chi connectivity index (χ0) is 18.7. The van der Waals surface area contributed by atoms with Crippen LogP contribution in [0.5, 0.6) is 0 Å². The molecule has 9 heteroatoms. The van der Waals surface area contributed by atoms with Crippen molar-refractivity contribution in [3.63, 3.8) is 0 Å². The van der Waals surface area contributed by atoms with Crippen LogP contribution in [0, 0.1) is 11.7 Å². The molecule has 0 aliphatic carbocycles. The molecule has 2 aromatic rings. The molecule has 7 nitrogen and oxygen atoms in total. The van der Waals surface area contributed by atoms with E-state index in [1.807, 2.05) is 20.9 Å². The van der Waals surface area contributed by atoms with Crippen molar-refractivity contribution >= 4 is 24.0 Å². The van der Waals surface area contributed by atoms with Crippen LogP contribution < -0.4 is 10.6 Å². The largest absolute Gasteiger partial charge is 0.334 e. The summed E-state index contributed by atoms with van der Waals surface area (Å²) < 4.78 is 19.6. The van der Waals surface area contributed by atoms with Crippen molar-refractivity contribution in [3.8, 4) is 11.5 Å². The molecule has 1 atom stereocenters. The van der Waals surface area contributed by atoms with Gasteiger partial charge in [-0.1, -0.05) is 19.0 Å². The summed E-state index contributed by atoms with van der Waals surface area (Å²) in [6.45, 7) is 6.43. The SMILES string of the molecule is CC(C)CC(=O)Nc1ccc(-c2nc(C3CNCCN3C)no2)cc1F.Cl. The number of carbonyl (C=O) groups excluding carboxylic acids is 1. The minimum Gasteiger partial charge on any atom is -0.334 e. The van der Waals surface area contributed by atoms with Gasteiger partial charge in [-0.15, -0.1) is 12.4 Å². The van der Waals surface area contributed by atoms with Crippen molar-refractivity contribution in [1.82, 2.24) is 20.4 Å². The van der Waals surface area contributed by atoms with Crippen molar-refractivity contribution < 1.29 is 13.7 Å². The minimum absolute atomic E-state index is 0. The fraction of sp³-hybridized carbons (Fsp3) is 0.500. The lowest BCUT2D eigenvalue weighted by Gasteiger charge is -2.30. The van der Waals surface area contributed by atoms with E-state index in [4.69, 9.17) is 4.52 Å². The van der Waals surface area contributed by atoms with Gasteiger partial charge < -0.3 is 15.2 Å². The lowest BCUT2D eigenvalue weighted by atomic mass is 10.1. The molecule has 0 bridgehead atoms. The second-order valence-electron chi connectivity index (χ2n) is 7.00. The Bertz CT molecular complexity index is 783. The molecule has 0 radical (unpaired) electrons. The summed E-state index contributed by atoms with van der Waals surface area (Å²) in [7, 11) is 2.01. The Morgan fingerprint density at radius 3 is 2.93 bits per heavy atom. The van der Waals surface area contributed by atoms with E-state index in [1.165, 1.54) is 12.1 Å². The Balaban J connectivity index is 0.00000261. The molecule has 2 heterocycles. The highest BCUT2D eigenvalue weighted by atomic mass is 35.5. The van der Waals surface area contributed by atoms with Gasteiger partial charge in [-0.05, 0) is 31.2 Å². The number of benzene rings is 1. The van der Waals surface area contributed by atoms with Crippen LogP contribution in [0.25, 0.3) is 11.5 Å². The first-order valence-electron chi connectivity index (χ1n) is 8.78. The molecule has 1 aliphatic heterocycles. The van der Waals surface area contributed by atoms with E-state index in [2.05, 4.69) is 25.7 Å². The zero-order valence-corrected chi connectivity index (χ0v) is 16.5. The van der Waals surface area contributed by atoms with Gasteiger partial charge in [0.05, 0.1) is 11.7 Å². The molecule has 0 saturated carbocycles. The number of hydrogen-bond acceptors (Lipinski definition) is 6. The Kier molecular flexibility index (Phi) is 7.29. The first-order valence-corrected chi connectivity index (χ1v) is 8.78. The molecular formula is C18H25ClFN5O2. The molecule has 1 saturated heterocycles. The van der Waals surface area contributed by atoms with Crippen LogP contribution >= 0.6 is 12.4 Å². The molecule has 1 unspecified atom stereocenters. The summed E-state index contributed by atoms with van der Waals surface area (Å²) in [6, 6.07) is 4.50. The normalized spacial score (nSPS) is 17.6. The minimum atomic E-state index is -0.532. The Morgan fingerprint density at radius 2 is 2.26 bits per heavy atom. The van der Waals surface area contributed by atoms with Crippen LogP contribution in [0.3, 0.4) is 0 Å². The van der Waals surface area contributed by atoms with Gasteiger partial charge in [0.2, 0.25) is 5.91 Å². The molecule has 1 aromatic heterocycles. The average Bonchev–Trinajstić information content (AvgIpc) is 3.06. The van der Waals surface area contributed by atoms with Gasteiger partial charge in [-0.25, -0.2) is 4.39 Å². The van der Waals surface area contributed by atoms with Gasteiger partial charge in [-0.3, -0.25) is 9.69 Å². The second-order valence-corrected chi connectivity index (χ2v) is 7.00. The van der Waals surface area contributed by atoms with Crippen molar-refractivity contribution in [2.45, 2.75) is 26.3 Å². The Labute approximate surface area is 164 Å². The number of amides is 1. The zero-order valence-electron chi connectivity index (χ0n) is 15.7. The van der Waals surface area contributed by atoms with E-state index >= 15 is 0 Å². The Morgan fingerprint density at radius 1 is 1.48 bits per heavy atom. The smallest absolute Gasteiger partial charge is 0.258 e. The van der Waals surface area contributed by atoms with Crippen LogP contribution in [-0.2, 0) is 4.79 Å². The standard InChI is InChI=1S/C18H24FN5O2.ClH/c1-11(2)8-16(25)21-14-5-4-12(9-13(14)19)18-22-17(23-26-18)15-10-20-6-7-24(15)3;/h4-5,9,11,15,20H,6-8,10H2,1-3H3,(H,21,25);1H. The summed E-state index contributed by atoms with van der Waals surface area (Å²) >= 11 is 0. The number of nitrogens with zero attached hydrogens (tertiary/aromatic N) is 3. The Hall–Kier alpha value is -2.03. The topological polar surface area (TPSA) is 83.3 Å². The fourth-order valence-corrected chi connectivity index (χ4v) is 2.90. The third-order valence-corrected chi connectivity index (χ3v) is 4.33. The molecule has 148 valence electrons. The van der Waals surface area contributed by atoms with E-state index < -0.39 is 5.82 Å². The van der Waals surface area contributed by atoms with Gasteiger partial charge in [-0.2, -0.15) is 4.98 Å². The molecule has 1 amide bonds. The van der Waals surface area contributed by atoms with Gasteiger partial charge in [0.1, 0.15) is 5.82 Å². The van der Waals surface area contributed by atoms with Gasteiger partial charge in [0, 0.05) is 31.6 Å². The summed E-state index contributed by atoms with van der Waals surface area (Å²) in [4.78, 5) is 18.4. The maximum absolute atomic E-state index is 14.3.